The van der Waals surface area contributed by atoms with Crippen molar-refractivity contribution in [1.29, 1.82) is 0 Å². The molecule has 0 aliphatic carbocycles. The maximum atomic E-state index is 9.20. The van der Waals surface area contributed by atoms with E-state index in [4.69, 9.17) is 5.73 Å². The van der Waals surface area contributed by atoms with Crippen molar-refractivity contribution in [2.75, 3.05) is 32.8 Å². The van der Waals surface area contributed by atoms with Crippen molar-refractivity contribution in [2.24, 2.45) is 5.73 Å². The Morgan fingerprint density at radius 3 is 2.00 bits per heavy atom. The van der Waals surface area contributed by atoms with Crippen LogP contribution in [0.3, 0.4) is 0 Å². The molecule has 102 valence electrons. The van der Waals surface area contributed by atoms with Gasteiger partial charge >= 0.3 is 0 Å². The normalized spacial score (nSPS) is 24.9. The molecule has 4 heteroatoms. The van der Waals surface area contributed by atoms with Crippen LogP contribution in [0.15, 0.2) is 0 Å². The third kappa shape index (κ3) is 4.54. The first-order valence-electron chi connectivity index (χ1n) is 6.73. The molecule has 1 aliphatic rings. The van der Waals surface area contributed by atoms with Crippen molar-refractivity contribution >= 4 is 0 Å². The van der Waals surface area contributed by atoms with Crippen LogP contribution >= 0.6 is 0 Å². The monoisotopic (exact) mass is 243 g/mol. The van der Waals surface area contributed by atoms with Crippen molar-refractivity contribution in [2.45, 2.75) is 51.7 Å². The van der Waals surface area contributed by atoms with Gasteiger partial charge in [-0.05, 0) is 34.1 Å². The van der Waals surface area contributed by atoms with E-state index in [1.807, 2.05) is 6.92 Å². The molecule has 1 heterocycles. The van der Waals surface area contributed by atoms with Gasteiger partial charge in [-0.2, -0.15) is 0 Å². The summed E-state index contributed by atoms with van der Waals surface area (Å²) >= 11 is 0. The number of piperazine rings is 1. The highest BCUT2D eigenvalue weighted by molar-refractivity contribution is 4.86. The highest BCUT2D eigenvalue weighted by Crippen LogP contribution is 2.16. The molecule has 0 radical (unpaired) electrons. The molecule has 0 aromatic rings. The van der Waals surface area contributed by atoms with Gasteiger partial charge in [0, 0.05) is 43.8 Å². The molecule has 0 aromatic carbocycles. The van der Waals surface area contributed by atoms with Gasteiger partial charge in [-0.15, -0.1) is 0 Å². The maximum absolute atomic E-state index is 9.20. The fourth-order valence-electron chi connectivity index (χ4n) is 2.56. The number of hydrogen-bond donors (Lipinski definition) is 2. The van der Waals surface area contributed by atoms with E-state index >= 15 is 0 Å². The van der Waals surface area contributed by atoms with E-state index in [0.29, 0.717) is 12.1 Å². The Kier molecular flexibility index (Phi) is 5.38. The average molecular weight is 243 g/mol. The summed E-state index contributed by atoms with van der Waals surface area (Å²) < 4.78 is 0. The number of aliphatic hydroxyl groups is 1. The number of nitrogens with zero attached hydrogens (tertiary/aromatic N) is 2. The lowest BCUT2D eigenvalue weighted by Crippen LogP contribution is -2.54. The average Bonchev–Trinajstić information content (AvgIpc) is 2.28. The lowest BCUT2D eigenvalue weighted by molar-refractivity contribution is 0.0667. The largest absolute Gasteiger partial charge is 0.394 e. The Balaban J connectivity index is 2.38. The molecule has 4 nitrogen and oxygen atoms in total. The minimum atomic E-state index is -0.450. The van der Waals surface area contributed by atoms with E-state index in [-0.39, 0.29) is 6.61 Å². The van der Waals surface area contributed by atoms with Crippen molar-refractivity contribution in [3.05, 3.63) is 0 Å². The van der Waals surface area contributed by atoms with Crippen LogP contribution in [0.25, 0.3) is 0 Å². The van der Waals surface area contributed by atoms with Crippen LogP contribution < -0.4 is 5.73 Å². The van der Waals surface area contributed by atoms with Crippen LogP contribution in [0, 0.1) is 0 Å². The molecule has 0 amide bonds. The van der Waals surface area contributed by atoms with Gasteiger partial charge in [0.05, 0.1) is 6.61 Å². The van der Waals surface area contributed by atoms with Crippen LogP contribution in [0.2, 0.25) is 0 Å². The van der Waals surface area contributed by atoms with Crippen LogP contribution in [-0.4, -0.2) is 65.3 Å². The van der Waals surface area contributed by atoms with Crippen molar-refractivity contribution in [1.82, 2.24) is 9.80 Å². The van der Waals surface area contributed by atoms with Crippen molar-refractivity contribution < 1.29 is 5.11 Å². The Labute approximate surface area is 106 Å². The molecule has 3 N–H and O–H groups in total. The zero-order valence-electron chi connectivity index (χ0n) is 11.8. The van der Waals surface area contributed by atoms with Crippen LogP contribution in [0.4, 0.5) is 0 Å². The Bertz CT molecular complexity index is 223. The van der Waals surface area contributed by atoms with Gasteiger partial charge in [0.2, 0.25) is 0 Å². The van der Waals surface area contributed by atoms with Crippen LogP contribution in [0.5, 0.6) is 0 Å². The minimum Gasteiger partial charge on any atom is -0.394 e. The summed E-state index contributed by atoms with van der Waals surface area (Å²) in [4.78, 5) is 5.00. The smallest absolute Gasteiger partial charge is 0.0609 e. The standard InChI is InChI=1S/C13H29N3O/c1-11(2)15-5-7-16(8-6-15)12(3)9-13(4,14)10-17/h11-12,17H,5-10,14H2,1-4H3. The lowest BCUT2D eigenvalue weighted by Gasteiger charge is -2.41. The van der Waals surface area contributed by atoms with E-state index in [9.17, 15) is 5.11 Å². The second-order valence-corrected chi connectivity index (χ2v) is 6.03. The third-order valence-electron chi connectivity index (χ3n) is 3.83. The minimum absolute atomic E-state index is 0.0588. The van der Waals surface area contributed by atoms with Crippen molar-refractivity contribution in [3.8, 4) is 0 Å². The molecule has 1 aliphatic heterocycles. The van der Waals surface area contributed by atoms with E-state index in [2.05, 4.69) is 30.6 Å². The Morgan fingerprint density at radius 1 is 1.12 bits per heavy atom. The van der Waals surface area contributed by atoms with Gasteiger partial charge in [-0.25, -0.2) is 0 Å². The third-order valence-corrected chi connectivity index (χ3v) is 3.83. The molecule has 1 saturated heterocycles. The highest BCUT2D eigenvalue weighted by Gasteiger charge is 2.27. The molecule has 1 rings (SSSR count). The summed E-state index contributed by atoms with van der Waals surface area (Å²) in [5.74, 6) is 0. The van der Waals surface area contributed by atoms with E-state index in [1.54, 1.807) is 0 Å². The topological polar surface area (TPSA) is 52.7 Å². The molecule has 0 spiro atoms. The van der Waals surface area contributed by atoms with Gasteiger partial charge in [0.1, 0.15) is 0 Å². The quantitative estimate of drug-likeness (QED) is 0.738. The van der Waals surface area contributed by atoms with E-state index < -0.39 is 5.54 Å². The SMILES string of the molecule is CC(C)N1CCN(C(C)CC(C)(N)CO)CC1. The zero-order valence-corrected chi connectivity index (χ0v) is 11.8. The Morgan fingerprint density at radius 2 is 1.59 bits per heavy atom. The second kappa shape index (κ2) is 6.14. The fraction of sp³-hybridized carbons (Fsp3) is 1.00. The van der Waals surface area contributed by atoms with Gasteiger partial charge in [0.15, 0.2) is 0 Å². The summed E-state index contributed by atoms with van der Waals surface area (Å²) in [5.41, 5.74) is 5.56. The molecule has 1 fully saturated rings. The summed E-state index contributed by atoms with van der Waals surface area (Å²) in [5, 5.41) is 9.20. The van der Waals surface area contributed by atoms with Gasteiger partial charge < -0.3 is 10.8 Å². The zero-order chi connectivity index (χ0) is 13.1. The number of nitrogens with two attached hydrogens (primary N) is 1. The molecule has 0 aromatic heterocycles. The van der Waals surface area contributed by atoms with Gasteiger partial charge in [0.25, 0.3) is 0 Å². The number of hydrogen-bond acceptors (Lipinski definition) is 4. The fourth-order valence-corrected chi connectivity index (χ4v) is 2.56. The molecule has 17 heavy (non-hydrogen) atoms. The van der Waals surface area contributed by atoms with Crippen molar-refractivity contribution in [3.63, 3.8) is 0 Å². The molecule has 2 unspecified atom stereocenters. The van der Waals surface area contributed by atoms with Gasteiger partial charge in [-0.3, -0.25) is 9.80 Å². The predicted molar refractivity (Wildman–Crippen MR) is 72.0 cm³/mol. The summed E-state index contributed by atoms with van der Waals surface area (Å²) in [6, 6.07) is 1.09. The summed E-state index contributed by atoms with van der Waals surface area (Å²) in [7, 11) is 0. The summed E-state index contributed by atoms with van der Waals surface area (Å²) in [6.07, 6.45) is 0.852. The number of aliphatic hydroxyl groups excluding tert-OH is 1. The first-order valence-corrected chi connectivity index (χ1v) is 6.73. The molecular weight excluding hydrogens is 214 g/mol. The second-order valence-electron chi connectivity index (χ2n) is 6.03. The van der Waals surface area contributed by atoms with E-state index in [0.717, 1.165) is 32.6 Å². The molecule has 0 bridgehead atoms. The number of rotatable bonds is 5. The first-order chi connectivity index (χ1) is 7.85. The van der Waals surface area contributed by atoms with Crippen LogP contribution in [-0.2, 0) is 0 Å². The maximum Gasteiger partial charge on any atom is 0.0609 e. The molecular formula is C13H29N3O. The van der Waals surface area contributed by atoms with E-state index in [1.165, 1.54) is 0 Å². The predicted octanol–water partition coefficient (Wildman–Crippen LogP) is 0.501. The molecule has 2 atom stereocenters. The van der Waals surface area contributed by atoms with Gasteiger partial charge in [-0.1, -0.05) is 0 Å². The highest BCUT2D eigenvalue weighted by atomic mass is 16.3. The summed E-state index contributed by atoms with van der Waals surface area (Å²) in [6.45, 7) is 13.2. The lowest BCUT2D eigenvalue weighted by atomic mass is 9.95. The molecule has 0 saturated carbocycles. The Hall–Kier alpha value is -0.160. The van der Waals surface area contributed by atoms with Crippen LogP contribution in [0.1, 0.15) is 34.1 Å². The first kappa shape index (κ1) is 14.9.